The Bertz CT molecular complexity index is 1610. The van der Waals surface area contributed by atoms with Gasteiger partial charge in [-0.2, -0.15) is 14.8 Å². The van der Waals surface area contributed by atoms with Crippen LogP contribution < -0.4 is 5.32 Å². The molecule has 1 aliphatic carbocycles. The summed E-state index contributed by atoms with van der Waals surface area (Å²) in [6.07, 6.45) is 0.0316. The van der Waals surface area contributed by atoms with Gasteiger partial charge < -0.3 is 0 Å². The topological polar surface area (TPSA) is 127 Å². The maximum absolute atomic E-state index is 13.0. The fraction of sp³-hybridized carbons (Fsp3) is 0.154. The minimum atomic E-state index is -3.90. The smallest absolute Gasteiger partial charge is 0.257 e. The number of aromatic nitrogens is 1. The van der Waals surface area contributed by atoms with E-state index in [1.54, 1.807) is 0 Å². The Labute approximate surface area is 212 Å². The van der Waals surface area contributed by atoms with Gasteiger partial charge >= 0.3 is 0 Å². The highest BCUT2D eigenvalue weighted by Gasteiger charge is 2.27. The number of rotatable bonds is 8. The van der Waals surface area contributed by atoms with Crippen molar-refractivity contribution in [3.05, 3.63) is 66.2 Å². The molecule has 0 radical (unpaired) electrons. The standard InChI is InChI=1S/C26H19N5O3S2/c27-13-3-15-31(16-4-14-28)36(33,34)19-11-9-18(10-12-19)25(32)30-26-29-23-20-7-1-5-17-6-2-8-21(22(17)20)24(23)35-26/h1-2,5-12H,3-4,15-16H2,(H,29,30,32). The van der Waals surface area contributed by atoms with Gasteiger partial charge in [-0.15, -0.1) is 0 Å². The maximum Gasteiger partial charge on any atom is 0.257 e. The quantitative estimate of drug-likeness (QED) is 0.311. The van der Waals surface area contributed by atoms with Crippen LogP contribution in [0.25, 0.3) is 32.5 Å². The second kappa shape index (κ2) is 9.51. The molecule has 1 amide bonds. The monoisotopic (exact) mass is 513 g/mol. The van der Waals surface area contributed by atoms with Crippen LogP contribution >= 0.6 is 11.3 Å². The second-order valence-corrected chi connectivity index (χ2v) is 11.0. The third-order valence-electron chi connectivity index (χ3n) is 5.95. The molecule has 3 aromatic carbocycles. The third-order valence-corrected chi connectivity index (χ3v) is 8.87. The number of thiazole rings is 1. The minimum absolute atomic E-state index is 0.00564. The highest BCUT2D eigenvalue weighted by molar-refractivity contribution is 7.89. The SMILES string of the molecule is N#CCCN(CCC#N)S(=O)(=O)c1ccc(C(=O)Nc2nc3c(s2)-c2cccc4cccc-3c24)cc1. The number of hydrogen-bond acceptors (Lipinski definition) is 7. The van der Waals surface area contributed by atoms with Gasteiger partial charge in [0, 0.05) is 42.6 Å². The number of benzene rings is 3. The van der Waals surface area contributed by atoms with E-state index in [1.807, 2.05) is 30.3 Å². The Morgan fingerprint density at radius 3 is 2.22 bits per heavy atom. The molecular formula is C26H19N5O3S2. The zero-order valence-electron chi connectivity index (χ0n) is 18.9. The number of nitriles is 2. The van der Waals surface area contributed by atoms with E-state index < -0.39 is 15.9 Å². The van der Waals surface area contributed by atoms with Crippen LogP contribution in [0.15, 0.2) is 65.6 Å². The van der Waals surface area contributed by atoms with E-state index in [9.17, 15) is 13.2 Å². The molecule has 5 rings (SSSR count). The van der Waals surface area contributed by atoms with Gasteiger partial charge in [-0.3, -0.25) is 10.1 Å². The maximum atomic E-state index is 13.0. The zero-order chi connectivity index (χ0) is 25.3. The number of carbonyl (C=O) groups is 1. The van der Waals surface area contributed by atoms with E-state index in [4.69, 9.17) is 10.5 Å². The van der Waals surface area contributed by atoms with Crippen molar-refractivity contribution in [1.29, 1.82) is 10.5 Å². The molecule has 0 spiro atoms. The average molecular weight is 514 g/mol. The summed E-state index contributed by atoms with van der Waals surface area (Å²) in [5, 5.41) is 23.3. The van der Waals surface area contributed by atoms with E-state index in [1.165, 1.54) is 41.0 Å². The van der Waals surface area contributed by atoms with Crippen molar-refractivity contribution in [2.24, 2.45) is 0 Å². The Kier molecular flexibility index (Phi) is 6.25. The molecule has 0 bridgehead atoms. The molecule has 0 aliphatic heterocycles. The summed E-state index contributed by atoms with van der Waals surface area (Å²) in [5.41, 5.74) is 3.27. The largest absolute Gasteiger partial charge is 0.298 e. The summed E-state index contributed by atoms with van der Waals surface area (Å²) >= 11 is 1.40. The Balaban J connectivity index is 1.34. The molecule has 1 aliphatic rings. The Hall–Kier alpha value is -4.09. The van der Waals surface area contributed by atoms with Crippen LogP contribution in [0.5, 0.6) is 0 Å². The summed E-state index contributed by atoms with van der Waals surface area (Å²) in [6, 6.07) is 21.6. The first kappa shape index (κ1) is 23.6. The molecule has 0 atom stereocenters. The van der Waals surface area contributed by atoms with E-state index in [2.05, 4.69) is 28.5 Å². The zero-order valence-corrected chi connectivity index (χ0v) is 20.6. The van der Waals surface area contributed by atoms with Crippen LogP contribution in [0.3, 0.4) is 0 Å². The Morgan fingerprint density at radius 2 is 1.58 bits per heavy atom. The molecule has 8 nitrogen and oxygen atoms in total. The molecule has 0 saturated heterocycles. The number of sulfonamides is 1. The normalized spacial score (nSPS) is 11.8. The summed E-state index contributed by atoms with van der Waals surface area (Å²) in [6.45, 7) is -0.0113. The molecule has 4 aromatic rings. The number of hydrogen-bond donors (Lipinski definition) is 1. The highest BCUT2D eigenvalue weighted by Crippen LogP contribution is 2.50. The van der Waals surface area contributed by atoms with Crippen LogP contribution in [0.4, 0.5) is 5.13 Å². The van der Waals surface area contributed by atoms with Gasteiger partial charge in [0.25, 0.3) is 5.91 Å². The minimum Gasteiger partial charge on any atom is -0.298 e. The van der Waals surface area contributed by atoms with Gasteiger partial charge in [0.15, 0.2) is 5.13 Å². The number of amides is 1. The van der Waals surface area contributed by atoms with E-state index in [0.29, 0.717) is 5.13 Å². The van der Waals surface area contributed by atoms with Crippen LogP contribution in [-0.4, -0.2) is 36.7 Å². The predicted molar refractivity (Wildman–Crippen MR) is 138 cm³/mol. The molecular weight excluding hydrogens is 494 g/mol. The van der Waals surface area contributed by atoms with Crippen molar-refractivity contribution in [3.8, 4) is 33.8 Å². The van der Waals surface area contributed by atoms with Gasteiger partial charge in [-0.1, -0.05) is 47.7 Å². The number of fused-ring (bicyclic) bond motifs is 3. The fourth-order valence-corrected chi connectivity index (χ4v) is 6.71. The van der Waals surface area contributed by atoms with E-state index in [0.717, 1.165) is 31.4 Å². The number of nitrogens with one attached hydrogen (secondary N) is 1. The van der Waals surface area contributed by atoms with Crippen molar-refractivity contribution in [2.45, 2.75) is 17.7 Å². The number of nitrogens with zero attached hydrogens (tertiary/aromatic N) is 4. The second-order valence-electron chi connectivity index (χ2n) is 8.10. The lowest BCUT2D eigenvalue weighted by Crippen LogP contribution is -2.32. The molecule has 178 valence electrons. The van der Waals surface area contributed by atoms with Gasteiger partial charge in [-0.25, -0.2) is 13.4 Å². The van der Waals surface area contributed by atoms with Gasteiger partial charge in [0.1, 0.15) is 0 Å². The van der Waals surface area contributed by atoms with Crippen molar-refractivity contribution in [2.75, 3.05) is 18.4 Å². The first-order chi connectivity index (χ1) is 17.4. The highest BCUT2D eigenvalue weighted by atomic mass is 32.2. The summed E-state index contributed by atoms with van der Waals surface area (Å²) in [4.78, 5) is 18.5. The van der Waals surface area contributed by atoms with Crippen molar-refractivity contribution < 1.29 is 13.2 Å². The molecule has 1 heterocycles. The average Bonchev–Trinajstić information content (AvgIpc) is 3.43. The van der Waals surface area contributed by atoms with E-state index >= 15 is 0 Å². The number of carbonyl (C=O) groups excluding carboxylic acids is 1. The lowest BCUT2D eigenvalue weighted by molar-refractivity contribution is 0.102. The molecule has 0 unspecified atom stereocenters. The molecule has 1 aromatic heterocycles. The molecule has 0 saturated carbocycles. The third kappa shape index (κ3) is 4.12. The van der Waals surface area contributed by atoms with Gasteiger partial charge in [0.2, 0.25) is 10.0 Å². The summed E-state index contributed by atoms with van der Waals surface area (Å²) < 4.78 is 27.1. The summed E-state index contributed by atoms with van der Waals surface area (Å²) in [5.74, 6) is -0.399. The predicted octanol–water partition coefficient (Wildman–Crippen LogP) is 5.01. The number of anilines is 1. The van der Waals surface area contributed by atoms with Crippen LogP contribution in [0.1, 0.15) is 23.2 Å². The molecule has 10 heteroatoms. The molecule has 36 heavy (non-hydrogen) atoms. The summed E-state index contributed by atoms with van der Waals surface area (Å²) in [7, 11) is -3.90. The van der Waals surface area contributed by atoms with Crippen molar-refractivity contribution in [1.82, 2.24) is 9.29 Å². The molecule has 1 N–H and O–H groups in total. The lowest BCUT2D eigenvalue weighted by atomic mass is 10.0. The van der Waals surface area contributed by atoms with Gasteiger partial charge in [-0.05, 0) is 35.0 Å². The fourth-order valence-electron chi connectivity index (χ4n) is 4.26. The van der Waals surface area contributed by atoms with Crippen molar-refractivity contribution >= 4 is 43.2 Å². The van der Waals surface area contributed by atoms with Crippen LogP contribution in [0.2, 0.25) is 0 Å². The van der Waals surface area contributed by atoms with Crippen LogP contribution in [-0.2, 0) is 10.0 Å². The van der Waals surface area contributed by atoms with Crippen LogP contribution in [0, 0.1) is 22.7 Å². The van der Waals surface area contributed by atoms with Crippen molar-refractivity contribution in [3.63, 3.8) is 0 Å². The first-order valence-corrected chi connectivity index (χ1v) is 13.4. The van der Waals surface area contributed by atoms with E-state index in [-0.39, 0.29) is 36.4 Å². The first-order valence-electron chi connectivity index (χ1n) is 11.1. The Morgan fingerprint density at radius 1 is 0.944 bits per heavy atom. The molecule has 0 fully saturated rings. The lowest BCUT2D eigenvalue weighted by Gasteiger charge is -2.20. The van der Waals surface area contributed by atoms with Gasteiger partial charge in [0.05, 0.1) is 27.6 Å².